The molecule has 0 bridgehead atoms. The zero-order chi connectivity index (χ0) is 17.8. The zero-order valence-corrected chi connectivity index (χ0v) is 15.1. The summed E-state index contributed by atoms with van der Waals surface area (Å²) in [4.78, 5) is 13.2. The summed E-state index contributed by atoms with van der Waals surface area (Å²) in [5.41, 5.74) is 2.68. The second-order valence-electron chi connectivity index (χ2n) is 7.49. The third-order valence-corrected chi connectivity index (χ3v) is 5.38. The van der Waals surface area contributed by atoms with E-state index < -0.39 is 0 Å². The minimum atomic E-state index is -0.369. The number of carbonyl (C=O) groups excluding carboxylic acids is 1. The first-order valence-electron chi connectivity index (χ1n) is 9.50. The maximum absolute atomic E-state index is 11.4. The molecule has 1 fully saturated rings. The van der Waals surface area contributed by atoms with Crippen molar-refractivity contribution in [1.29, 1.82) is 0 Å². The lowest BCUT2D eigenvalue weighted by Gasteiger charge is -2.32. The first-order chi connectivity index (χ1) is 12.0. The van der Waals surface area contributed by atoms with Crippen LogP contribution in [0.15, 0.2) is 12.2 Å². The number of ether oxygens (including phenoxy) is 1. The number of carbonyl (C=O) groups is 1. The van der Waals surface area contributed by atoms with Gasteiger partial charge in [-0.3, -0.25) is 0 Å². The second-order valence-corrected chi connectivity index (χ2v) is 7.49. The van der Waals surface area contributed by atoms with E-state index in [4.69, 9.17) is 4.74 Å². The number of aromatic nitrogens is 3. The van der Waals surface area contributed by atoms with E-state index in [-0.39, 0.29) is 18.1 Å². The van der Waals surface area contributed by atoms with Gasteiger partial charge in [-0.1, -0.05) is 6.58 Å². The predicted molar refractivity (Wildman–Crippen MR) is 94.1 cm³/mol. The Morgan fingerprint density at radius 2 is 1.96 bits per heavy atom. The summed E-state index contributed by atoms with van der Waals surface area (Å²) in [6.45, 7) is 5.68. The molecule has 138 valence electrons. The Morgan fingerprint density at radius 3 is 2.60 bits per heavy atom. The van der Waals surface area contributed by atoms with Gasteiger partial charge in [-0.05, 0) is 70.6 Å². The van der Waals surface area contributed by atoms with Gasteiger partial charge in [0.1, 0.15) is 0 Å². The second kappa shape index (κ2) is 8.13. The highest BCUT2D eigenvalue weighted by Crippen LogP contribution is 2.35. The molecule has 6 nitrogen and oxygen atoms in total. The van der Waals surface area contributed by atoms with Crippen molar-refractivity contribution < 1.29 is 14.6 Å². The lowest BCUT2D eigenvalue weighted by atomic mass is 9.81. The van der Waals surface area contributed by atoms with Gasteiger partial charge in [0, 0.05) is 5.57 Å². The van der Waals surface area contributed by atoms with E-state index in [0.29, 0.717) is 18.1 Å². The van der Waals surface area contributed by atoms with Gasteiger partial charge in [0.15, 0.2) is 0 Å². The van der Waals surface area contributed by atoms with E-state index in [9.17, 15) is 9.90 Å². The number of aryl methyl sites for hydroxylation is 2. The summed E-state index contributed by atoms with van der Waals surface area (Å²) in [6, 6.07) is -0.0256. The molecule has 0 saturated heterocycles. The topological polar surface area (TPSA) is 77.2 Å². The lowest BCUT2D eigenvalue weighted by Crippen LogP contribution is -2.33. The molecule has 0 aliphatic heterocycles. The van der Waals surface area contributed by atoms with Crippen LogP contribution in [0.4, 0.5) is 0 Å². The summed E-state index contributed by atoms with van der Waals surface area (Å²) < 4.78 is 5.16. The number of nitrogens with zero attached hydrogens (tertiary/aromatic N) is 3. The minimum absolute atomic E-state index is 0.0256. The fourth-order valence-corrected chi connectivity index (χ4v) is 3.89. The largest absolute Gasteiger partial charge is 0.462 e. The fraction of sp³-hybridized carbons (Fsp3) is 0.737. The molecule has 1 N–H and O–H groups in total. The van der Waals surface area contributed by atoms with E-state index >= 15 is 0 Å². The molecule has 6 heteroatoms. The summed E-state index contributed by atoms with van der Waals surface area (Å²) in [6.07, 6.45) is 8.54. The lowest BCUT2D eigenvalue weighted by molar-refractivity contribution is -0.139. The van der Waals surface area contributed by atoms with Gasteiger partial charge < -0.3 is 9.84 Å². The quantitative estimate of drug-likeness (QED) is 0.486. The van der Waals surface area contributed by atoms with Gasteiger partial charge in [-0.15, -0.1) is 0 Å². The Kier molecular flexibility index (Phi) is 5.89. The molecule has 3 atom stereocenters. The van der Waals surface area contributed by atoms with E-state index in [1.165, 1.54) is 12.8 Å². The van der Waals surface area contributed by atoms with Gasteiger partial charge in [0.2, 0.25) is 0 Å². The Hall–Kier alpha value is -1.69. The predicted octanol–water partition coefficient (Wildman–Crippen LogP) is 2.76. The SMILES string of the molecule is C=C(C)C(=O)OCCCC1CCC(O)C(n2nc3c(n2)CCCC3)C1. The third kappa shape index (κ3) is 4.48. The molecule has 1 aromatic rings. The smallest absolute Gasteiger partial charge is 0.333 e. The van der Waals surface area contributed by atoms with Crippen LogP contribution >= 0.6 is 0 Å². The van der Waals surface area contributed by atoms with Crippen LogP contribution in [0, 0.1) is 5.92 Å². The molecular weight excluding hydrogens is 318 g/mol. The number of aliphatic hydroxyl groups excluding tert-OH is 1. The Bertz CT molecular complexity index is 602. The first-order valence-corrected chi connectivity index (χ1v) is 9.50. The molecule has 3 unspecified atom stereocenters. The Labute approximate surface area is 149 Å². The van der Waals surface area contributed by atoms with Crippen molar-refractivity contribution in [3.05, 3.63) is 23.5 Å². The molecule has 2 aliphatic carbocycles. The van der Waals surface area contributed by atoms with Crippen molar-refractivity contribution in [3.8, 4) is 0 Å². The molecule has 1 saturated carbocycles. The molecule has 25 heavy (non-hydrogen) atoms. The highest BCUT2D eigenvalue weighted by atomic mass is 16.5. The number of aliphatic hydroxyl groups is 1. The minimum Gasteiger partial charge on any atom is -0.462 e. The summed E-state index contributed by atoms with van der Waals surface area (Å²) in [5.74, 6) is 0.197. The van der Waals surface area contributed by atoms with Crippen LogP contribution in [0.5, 0.6) is 0 Å². The molecule has 0 amide bonds. The number of fused-ring (bicyclic) bond motifs is 1. The van der Waals surface area contributed by atoms with Gasteiger partial charge >= 0.3 is 5.97 Å². The van der Waals surface area contributed by atoms with Gasteiger partial charge in [-0.2, -0.15) is 15.0 Å². The molecule has 1 aromatic heterocycles. The van der Waals surface area contributed by atoms with Gasteiger partial charge in [0.25, 0.3) is 0 Å². The average molecular weight is 347 g/mol. The summed E-state index contributed by atoms with van der Waals surface area (Å²) >= 11 is 0. The Morgan fingerprint density at radius 1 is 1.28 bits per heavy atom. The number of hydrogen-bond acceptors (Lipinski definition) is 5. The zero-order valence-electron chi connectivity index (χ0n) is 15.1. The molecule has 0 aromatic carbocycles. The molecular formula is C19H29N3O3. The van der Waals surface area contributed by atoms with Gasteiger partial charge in [-0.25, -0.2) is 4.79 Å². The molecule has 3 rings (SSSR count). The fourth-order valence-electron chi connectivity index (χ4n) is 3.89. The van der Waals surface area contributed by atoms with Crippen LogP contribution in [-0.4, -0.2) is 38.8 Å². The van der Waals surface area contributed by atoms with E-state index in [0.717, 1.165) is 56.3 Å². The van der Waals surface area contributed by atoms with E-state index in [2.05, 4.69) is 16.8 Å². The van der Waals surface area contributed by atoms with Crippen molar-refractivity contribution in [2.45, 2.75) is 76.9 Å². The van der Waals surface area contributed by atoms with Crippen LogP contribution in [-0.2, 0) is 22.4 Å². The summed E-state index contributed by atoms with van der Waals surface area (Å²) in [5, 5.41) is 19.8. The molecule has 0 radical (unpaired) electrons. The highest BCUT2D eigenvalue weighted by molar-refractivity contribution is 5.86. The third-order valence-electron chi connectivity index (χ3n) is 5.38. The molecule has 0 spiro atoms. The number of hydrogen-bond donors (Lipinski definition) is 1. The van der Waals surface area contributed by atoms with E-state index in [1.807, 2.05) is 0 Å². The van der Waals surface area contributed by atoms with Gasteiger partial charge in [0.05, 0.1) is 30.1 Å². The van der Waals surface area contributed by atoms with Crippen LogP contribution in [0.1, 0.15) is 69.3 Å². The van der Waals surface area contributed by atoms with Crippen molar-refractivity contribution in [2.24, 2.45) is 5.92 Å². The van der Waals surface area contributed by atoms with Crippen molar-refractivity contribution in [3.63, 3.8) is 0 Å². The van der Waals surface area contributed by atoms with Crippen LogP contribution in [0.3, 0.4) is 0 Å². The van der Waals surface area contributed by atoms with Crippen molar-refractivity contribution >= 4 is 5.97 Å². The van der Waals surface area contributed by atoms with Crippen LogP contribution in [0.2, 0.25) is 0 Å². The average Bonchev–Trinajstić information content (AvgIpc) is 3.03. The normalized spacial score (nSPS) is 26.1. The Balaban J connectivity index is 1.52. The first kappa shape index (κ1) is 18.1. The molecule has 2 aliphatic rings. The van der Waals surface area contributed by atoms with E-state index in [1.54, 1.807) is 11.7 Å². The maximum Gasteiger partial charge on any atom is 0.333 e. The van der Waals surface area contributed by atoms with Crippen LogP contribution < -0.4 is 0 Å². The monoisotopic (exact) mass is 347 g/mol. The molecule has 1 heterocycles. The van der Waals surface area contributed by atoms with Crippen LogP contribution in [0.25, 0.3) is 0 Å². The number of rotatable bonds is 6. The van der Waals surface area contributed by atoms with Crippen molar-refractivity contribution in [1.82, 2.24) is 15.0 Å². The maximum atomic E-state index is 11.4. The van der Waals surface area contributed by atoms with Crippen molar-refractivity contribution in [2.75, 3.05) is 6.61 Å². The number of esters is 1. The summed E-state index contributed by atoms with van der Waals surface area (Å²) in [7, 11) is 0. The highest BCUT2D eigenvalue weighted by Gasteiger charge is 2.32. The standard InChI is InChI=1S/C19H29N3O3/c1-13(2)19(24)25-11-5-6-14-9-10-18(23)17(12-14)22-20-15-7-3-4-8-16(15)21-22/h14,17-18,23H,1,3-12H2,2H3.